The summed E-state index contributed by atoms with van der Waals surface area (Å²) in [5, 5.41) is 0.254. The van der Waals surface area contributed by atoms with E-state index in [2.05, 4.69) is 4.72 Å². The second-order valence-corrected chi connectivity index (χ2v) is 6.59. The Morgan fingerprint density at radius 2 is 1.80 bits per heavy atom. The number of halogens is 2. The van der Waals surface area contributed by atoms with Crippen molar-refractivity contribution in [1.29, 1.82) is 0 Å². The minimum absolute atomic E-state index is 0.113. The number of nitrogens with one attached hydrogen (secondary N) is 1. The van der Waals surface area contributed by atoms with Crippen LogP contribution in [0.2, 0.25) is 5.02 Å². The molecule has 106 valence electrons. The zero-order valence-electron chi connectivity index (χ0n) is 10.9. The molecule has 0 aliphatic carbocycles. The maximum absolute atomic E-state index is 13.6. The third-order valence-electron chi connectivity index (χ3n) is 2.79. The highest BCUT2D eigenvalue weighted by Gasteiger charge is 2.18. The third-order valence-corrected chi connectivity index (χ3v) is 4.55. The minimum Gasteiger partial charge on any atom is -0.277 e. The predicted octanol–water partition coefficient (Wildman–Crippen LogP) is 3.90. The standard InChI is InChI=1S/C14H13ClFNO2S/c1-9-3-6-14(10(2)7-9)20(18,19)17-13-8-11(15)4-5-12(13)16/h3-8,17H,1-2H3. The van der Waals surface area contributed by atoms with Crippen LogP contribution in [0.4, 0.5) is 10.1 Å². The fourth-order valence-corrected chi connectivity index (χ4v) is 3.33. The lowest BCUT2D eigenvalue weighted by Gasteiger charge is -2.11. The zero-order valence-corrected chi connectivity index (χ0v) is 12.5. The van der Waals surface area contributed by atoms with Gasteiger partial charge < -0.3 is 0 Å². The zero-order chi connectivity index (χ0) is 14.9. The molecule has 2 aromatic carbocycles. The number of benzene rings is 2. The molecule has 0 heterocycles. The van der Waals surface area contributed by atoms with Crippen LogP contribution in [0.1, 0.15) is 11.1 Å². The second-order valence-electron chi connectivity index (χ2n) is 4.50. The largest absolute Gasteiger partial charge is 0.277 e. The van der Waals surface area contributed by atoms with Crippen molar-refractivity contribution in [3.05, 3.63) is 58.4 Å². The van der Waals surface area contributed by atoms with E-state index in [1.165, 1.54) is 18.2 Å². The first-order valence-electron chi connectivity index (χ1n) is 5.85. The van der Waals surface area contributed by atoms with E-state index in [-0.39, 0.29) is 15.6 Å². The molecule has 0 aliphatic heterocycles. The van der Waals surface area contributed by atoms with Gasteiger partial charge in [-0.1, -0.05) is 29.3 Å². The number of aryl methyl sites for hydroxylation is 2. The van der Waals surface area contributed by atoms with Crippen LogP contribution < -0.4 is 4.72 Å². The summed E-state index contributed by atoms with van der Waals surface area (Å²) in [7, 11) is -3.85. The van der Waals surface area contributed by atoms with Gasteiger partial charge in [0, 0.05) is 5.02 Å². The normalized spacial score (nSPS) is 11.4. The fourth-order valence-electron chi connectivity index (χ4n) is 1.88. The lowest BCUT2D eigenvalue weighted by atomic mass is 10.2. The van der Waals surface area contributed by atoms with E-state index in [4.69, 9.17) is 11.6 Å². The quantitative estimate of drug-likeness (QED) is 0.934. The van der Waals surface area contributed by atoms with Gasteiger partial charge in [0.05, 0.1) is 10.6 Å². The molecular formula is C14H13ClFNO2S. The summed E-state index contributed by atoms with van der Waals surface area (Å²) in [4.78, 5) is 0.113. The first-order chi connectivity index (χ1) is 9.29. The van der Waals surface area contributed by atoms with Crippen molar-refractivity contribution in [3.8, 4) is 0 Å². The van der Waals surface area contributed by atoms with Gasteiger partial charge in [-0.3, -0.25) is 4.72 Å². The fraction of sp³-hybridized carbons (Fsp3) is 0.143. The van der Waals surface area contributed by atoms with Crippen LogP contribution in [0.3, 0.4) is 0 Å². The van der Waals surface area contributed by atoms with E-state index in [1.54, 1.807) is 19.1 Å². The monoisotopic (exact) mass is 313 g/mol. The van der Waals surface area contributed by atoms with Crippen LogP contribution in [0.15, 0.2) is 41.3 Å². The van der Waals surface area contributed by atoms with Gasteiger partial charge in [-0.2, -0.15) is 0 Å². The Hall–Kier alpha value is -1.59. The molecule has 0 spiro atoms. The van der Waals surface area contributed by atoms with Gasteiger partial charge in [0.1, 0.15) is 5.82 Å². The number of hydrogen-bond donors (Lipinski definition) is 1. The van der Waals surface area contributed by atoms with Crippen molar-refractivity contribution >= 4 is 27.3 Å². The van der Waals surface area contributed by atoms with Gasteiger partial charge in [0.25, 0.3) is 10.0 Å². The van der Waals surface area contributed by atoms with Crippen molar-refractivity contribution < 1.29 is 12.8 Å². The third kappa shape index (κ3) is 3.11. The van der Waals surface area contributed by atoms with Crippen LogP contribution in [0.5, 0.6) is 0 Å². The van der Waals surface area contributed by atoms with Crippen LogP contribution in [-0.2, 0) is 10.0 Å². The number of sulfonamides is 1. The maximum atomic E-state index is 13.6. The van der Waals surface area contributed by atoms with Gasteiger partial charge in [0.15, 0.2) is 0 Å². The van der Waals surface area contributed by atoms with Gasteiger partial charge in [-0.15, -0.1) is 0 Å². The minimum atomic E-state index is -3.85. The molecule has 6 heteroatoms. The summed E-state index contributed by atoms with van der Waals surface area (Å²) in [6.45, 7) is 3.56. The first kappa shape index (κ1) is 14.8. The van der Waals surface area contributed by atoms with E-state index in [0.29, 0.717) is 5.56 Å². The smallest absolute Gasteiger partial charge is 0.262 e. The molecule has 0 saturated heterocycles. The second kappa shape index (κ2) is 5.42. The maximum Gasteiger partial charge on any atom is 0.262 e. The van der Waals surface area contributed by atoms with Crippen molar-refractivity contribution in [2.24, 2.45) is 0 Å². The molecule has 0 aromatic heterocycles. The Bertz CT molecular complexity index is 760. The highest BCUT2D eigenvalue weighted by Crippen LogP contribution is 2.24. The molecule has 0 aliphatic rings. The number of hydrogen-bond acceptors (Lipinski definition) is 2. The van der Waals surface area contributed by atoms with Crippen LogP contribution in [0, 0.1) is 19.7 Å². The average Bonchev–Trinajstić information content (AvgIpc) is 2.33. The Morgan fingerprint density at radius 3 is 2.45 bits per heavy atom. The van der Waals surface area contributed by atoms with E-state index >= 15 is 0 Å². The molecule has 3 nitrogen and oxygen atoms in total. The molecule has 0 unspecified atom stereocenters. The Morgan fingerprint density at radius 1 is 1.10 bits per heavy atom. The molecule has 20 heavy (non-hydrogen) atoms. The molecule has 2 aromatic rings. The van der Waals surface area contributed by atoms with E-state index < -0.39 is 15.8 Å². The lowest BCUT2D eigenvalue weighted by Crippen LogP contribution is -2.15. The molecule has 0 radical (unpaired) electrons. The molecule has 2 rings (SSSR count). The van der Waals surface area contributed by atoms with E-state index in [1.807, 2.05) is 6.92 Å². The number of rotatable bonds is 3. The Kier molecular flexibility index (Phi) is 4.01. The van der Waals surface area contributed by atoms with Crippen LogP contribution >= 0.6 is 11.6 Å². The van der Waals surface area contributed by atoms with Crippen molar-refractivity contribution in [1.82, 2.24) is 0 Å². The van der Waals surface area contributed by atoms with Crippen LogP contribution in [0.25, 0.3) is 0 Å². The summed E-state index contributed by atoms with van der Waals surface area (Å²) in [5.41, 5.74) is 1.38. The predicted molar refractivity (Wildman–Crippen MR) is 78.1 cm³/mol. The van der Waals surface area contributed by atoms with Gasteiger partial charge >= 0.3 is 0 Å². The van der Waals surface area contributed by atoms with Crippen molar-refractivity contribution in [3.63, 3.8) is 0 Å². The first-order valence-corrected chi connectivity index (χ1v) is 7.71. The molecule has 0 atom stereocenters. The van der Waals surface area contributed by atoms with E-state index in [0.717, 1.165) is 11.6 Å². The Balaban J connectivity index is 2.43. The average molecular weight is 314 g/mol. The number of anilines is 1. The summed E-state index contributed by atoms with van der Waals surface area (Å²) in [5.74, 6) is -0.678. The van der Waals surface area contributed by atoms with Gasteiger partial charge in [0.2, 0.25) is 0 Å². The highest BCUT2D eigenvalue weighted by atomic mass is 35.5. The Labute approximate surface area is 122 Å². The molecular weight excluding hydrogens is 301 g/mol. The molecule has 0 saturated carbocycles. The van der Waals surface area contributed by atoms with Gasteiger partial charge in [-0.25, -0.2) is 12.8 Å². The van der Waals surface area contributed by atoms with Crippen molar-refractivity contribution in [2.75, 3.05) is 4.72 Å². The summed E-state index contributed by atoms with van der Waals surface area (Å²) in [6.07, 6.45) is 0. The SMILES string of the molecule is Cc1ccc(S(=O)(=O)Nc2cc(Cl)ccc2F)c(C)c1. The van der Waals surface area contributed by atoms with Crippen LogP contribution in [-0.4, -0.2) is 8.42 Å². The van der Waals surface area contributed by atoms with E-state index in [9.17, 15) is 12.8 Å². The summed E-state index contributed by atoms with van der Waals surface area (Å²) >= 11 is 5.74. The highest BCUT2D eigenvalue weighted by molar-refractivity contribution is 7.92. The summed E-state index contributed by atoms with van der Waals surface area (Å²) in [6, 6.07) is 8.64. The summed E-state index contributed by atoms with van der Waals surface area (Å²) < 4.78 is 40.4. The molecule has 0 bridgehead atoms. The lowest BCUT2D eigenvalue weighted by molar-refractivity contribution is 0.598. The van der Waals surface area contributed by atoms with Crippen molar-refractivity contribution in [2.45, 2.75) is 18.7 Å². The topological polar surface area (TPSA) is 46.2 Å². The molecule has 1 N–H and O–H groups in total. The van der Waals surface area contributed by atoms with Gasteiger partial charge in [-0.05, 0) is 43.7 Å². The molecule has 0 amide bonds. The molecule has 0 fully saturated rings.